The number of hydrogen-bond donors (Lipinski definition) is 1. The van der Waals surface area contributed by atoms with Gasteiger partial charge in [-0.2, -0.15) is 0 Å². The zero-order valence-electron chi connectivity index (χ0n) is 13.5. The lowest BCUT2D eigenvalue weighted by molar-refractivity contribution is -0.126. The molecule has 0 spiro atoms. The van der Waals surface area contributed by atoms with E-state index in [-0.39, 0.29) is 17.4 Å². The average molecular weight is 290 g/mol. The lowest BCUT2D eigenvalue weighted by Gasteiger charge is -2.34. The fourth-order valence-corrected chi connectivity index (χ4v) is 2.62. The number of nitrogens with zero attached hydrogens (tertiary/aromatic N) is 3. The van der Waals surface area contributed by atoms with E-state index in [1.54, 1.807) is 6.33 Å². The maximum atomic E-state index is 12.3. The number of carbonyl (C=O) groups excluding carboxylic acids is 1. The third-order valence-corrected chi connectivity index (χ3v) is 3.69. The fourth-order valence-electron chi connectivity index (χ4n) is 2.62. The van der Waals surface area contributed by atoms with Crippen molar-refractivity contribution in [1.82, 2.24) is 15.3 Å². The monoisotopic (exact) mass is 290 g/mol. The molecule has 0 radical (unpaired) electrons. The van der Waals surface area contributed by atoms with Gasteiger partial charge in [-0.15, -0.1) is 0 Å². The third kappa shape index (κ3) is 4.41. The van der Waals surface area contributed by atoms with Crippen molar-refractivity contribution in [2.75, 3.05) is 18.0 Å². The average Bonchev–Trinajstić information content (AvgIpc) is 2.46. The topological polar surface area (TPSA) is 58.1 Å². The number of anilines is 1. The highest BCUT2D eigenvalue weighted by molar-refractivity contribution is 5.80. The van der Waals surface area contributed by atoms with Gasteiger partial charge in [-0.25, -0.2) is 9.97 Å². The summed E-state index contributed by atoms with van der Waals surface area (Å²) in [5, 5.41) is 3.09. The second-order valence-corrected chi connectivity index (χ2v) is 6.75. The van der Waals surface area contributed by atoms with Crippen LogP contribution in [0.1, 0.15) is 46.2 Å². The van der Waals surface area contributed by atoms with E-state index in [1.807, 2.05) is 26.8 Å². The molecule has 1 unspecified atom stereocenters. The van der Waals surface area contributed by atoms with Gasteiger partial charge in [0, 0.05) is 30.4 Å². The molecule has 1 aliphatic heterocycles. The van der Waals surface area contributed by atoms with E-state index in [4.69, 9.17) is 0 Å². The maximum absolute atomic E-state index is 12.3. The Balaban J connectivity index is 2.04. The van der Waals surface area contributed by atoms with Gasteiger partial charge >= 0.3 is 0 Å². The Labute approximate surface area is 127 Å². The van der Waals surface area contributed by atoms with Gasteiger partial charge in [0.05, 0.1) is 5.92 Å². The van der Waals surface area contributed by atoms with Crippen molar-refractivity contribution in [3.05, 3.63) is 18.1 Å². The van der Waals surface area contributed by atoms with Crippen LogP contribution in [0.3, 0.4) is 0 Å². The molecule has 0 bridgehead atoms. The van der Waals surface area contributed by atoms with E-state index in [0.717, 1.165) is 43.9 Å². The third-order valence-electron chi connectivity index (χ3n) is 3.69. The Morgan fingerprint density at radius 3 is 2.86 bits per heavy atom. The minimum absolute atomic E-state index is 0.0398. The normalized spacial score (nSPS) is 19.4. The molecule has 2 rings (SSSR count). The fraction of sp³-hybridized carbons (Fsp3) is 0.688. The molecule has 1 atom stereocenters. The van der Waals surface area contributed by atoms with Crippen molar-refractivity contribution in [3.63, 3.8) is 0 Å². The molecule has 21 heavy (non-hydrogen) atoms. The van der Waals surface area contributed by atoms with E-state index in [2.05, 4.69) is 27.1 Å². The quantitative estimate of drug-likeness (QED) is 0.927. The number of nitrogens with one attached hydrogen (secondary N) is 1. The summed E-state index contributed by atoms with van der Waals surface area (Å²) in [6, 6.07) is 2.03. The highest BCUT2D eigenvalue weighted by Gasteiger charge is 2.28. The Morgan fingerprint density at radius 1 is 1.43 bits per heavy atom. The molecule has 116 valence electrons. The summed E-state index contributed by atoms with van der Waals surface area (Å²) in [4.78, 5) is 23.1. The van der Waals surface area contributed by atoms with Crippen molar-refractivity contribution in [2.45, 2.75) is 52.5 Å². The summed E-state index contributed by atoms with van der Waals surface area (Å²) in [6.45, 7) is 9.83. The van der Waals surface area contributed by atoms with Gasteiger partial charge in [0.1, 0.15) is 12.1 Å². The molecule has 1 N–H and O–H groups in total. The first-order valence-corrected chi connectivity index (χ1v) is 7.77. The van der Waals surface area contributed by atoms with Crippen LogP contribution in [-0.2, 0) is 11.2 Å². The van der Waals surface area contributed by atoms with Crippen LogP contribution in [-0.4, -0.2) is 34.5 Å². The van der Waals surface area contributed by atoms with E-state index in [0.29, 0.717) is 0 Å². The molecule has 0 saturated carbocycles. The van der Waals surface area contributed by atoms with Crippen molar-refractivity contribution in [3.8, 4) is 0 Å². The minimum Gasteiger partial charge on any atom is -0.356 e. The van der Waals surface area contributed by atoms with E-state index >= 15 is 0 Å². The van der Waals surface area contributed by atoms with Gasteiger partial charge in [-0.1, -0.05) is 6.92 Å². The van der Waals surface area contributed by atoms with Crippen molar-refractivity contribution in [1.29, 1.82) is 0 Å². The Kier molecular flexibility index (Phi) is 4.80. The molecule has 5 heteroatoms. The highest BCUT2D eigenvalue weighted by atomic mass is 16.2. The Hall–Kier alpha value is -1.65. The number of aromatic nitrogens is 2. The number of rotatable bonds is 3. The second-order valence-electron chi connectivity index (χ2n) is 6.75. The van der Waals surface area contributed by atoms with E-state index in [1.165, 1.54) is 0 Å². The van der Waals surface area contributed by atoms with E-state index in [9.17, 15) is 4.79 Å². The Morgan fingerprint density at radius 2 is 2.19 bits per heavy atom. The van der Waals surface area contributed by atoms with Crippen LogP contribution in [0, 0.1) is 5.92 Å². The molecule has 5 nitrogen and oxygen atoms in total. The lowest BCUT2D eigenvalue weighted by Crippen LogP contribution is -2.48. The predicted octanol–water partition coefficient (Wildman–Crippen LogP) is 2.17. The zero-order valence-corrected chi connectivity index (χ0v) is 13.5. The zero-order chi connectivity index (χ0) is 15.5. The molecule has 1 amide bonds. The van der Waals surface area contributed by atoms with Crippen molar-refractivity contribution < 1.29 is 4.79 Å². The van der Waals surface area contributed by atoms with Gasteiger partial charge < -0.3 is 10.2 Å². The molecule has 2 heterocycles. The summed E-state index contributed by atoms with van der Waals surface area (Å²) in [5.74, 6) is 1.13. The van der Waals surface area contributed by atoms with Crippen LogP contribution in [0.4, 0.5) is 5.82 Å². The van der Waals surface area contributed by atoms with Gasteiger partial charge in [0.15, 0.2) is 0 Å². The van der Waals surface area contributed by atoms with Gasteiger partial charge in [-0.05, 0) is 40.0 Å². The highest BCUT2D eigenvalue weighted by Crippen LogP contribution is 2.22. The van der Waals surface area contributed by atoms with Crippen LogP contribution in [0.25, 0.3) is 0 Å². The SMILES string of the molecule is CCc1cc(N2CCCC(C(=O)NC(C)(C)C)C2)ncn1. The summed E-state index contributed by atoms with van der Waals surface area (Å²) in [6.07, 6.45) is 4.49. The minimum atomic E-state index is -0.177. The van der Waals surface area contributed by atoms with Crippen molar-refractivity contribution >= 4 is 11.7 Å². The first-order valence-electron chi connectivity index (χ1n) is 7.77. The van der Waals surface area contributed by atoms with Gasteiger partial charge in [-0.3, -0.25) is 4.79 Å². The molecular weight excluding hydrogens is 264 g/mol. The smallest absolute Gasteiger partial charge is 0.225 e. The standard InChI is InChI=1S/C16H26N4O/c1-5-13-9-14(18-11-17-13)20-8-6-7-12(10-20)15(21)19-16(2,3)4/h9,11-12H,5-8,10H2,1-4H3,(H,19,21). The molecule has 1 fully saturated rings. The van der Waals surface area contributed by atoms with Crippen molar-refractivity contribution in [2.24, 2.45) is 5.92 Å². The Bertz CT molecular complexity index is 495. The van der Waals surface area contributed by atoms with Crippen LogP contribution in [0.2, 0.25) is 0 Å². The molecule has 0 aromatic carbocycles. The first-order chi connectivity index (χ1) is 9.89. The number of hydrogen-bond acceptors (Lipinski definition) is 4. The molecular formula is C16H26N4O. The van der Waals surface area contributed by atoms with Crippen LogP contribution in [0.15, 0.2) is 12.4 Å². The van der Waals surface area contributed by atoms with Crippen LogP contribution in [0.5, 0.6) is 0 Å². The molecule has 1 aromatic rings. The summed E-state index contributed by atoms with van der Waals surface area (Å²) in [5.41, 5.74) is 0.866. The molecule has 1 saturated heterocycles. The van der Waals surface area contributed by atoms with Gasteiger partial charge in [0.2, 0.25) is 5.91 Å². The second kappa shape index (κ2) is 6.41. The number of amides is 1. The van der Waals surface area contributed by atoms with E-state index < -0.39 is 0 Å². The molecule has 0 aliphatic carbocycles. The number of aryl methyl sites for hydroxylation is 1. The number of carbonyl (C=O) groups is 1. The summed E-state index contributed by atoms with van der Waals surface area (Å²) >= 11 is 0. The van der Waals surface area contributed by atoms with Crippen LogP contribution >= 0.6 is 0 Å². The molecule has 1 aliphatic rings. The summed E-state index contributed by atoms with van der Waals surface area (Å²) in [7, 11) is 0. The first kappa shape index (κ1) is 15.7. The molecule has 1 aromatic heterocycles. The largest absolute Gasteiger partial charge is 0.356 e. The van der Waals surface area contributed by atoms with Gasteiger partial charge in [0.25, 0.3) is 0 Å². The van der Waals surface area contributed by atoms with Crippen LogP contribution < -0.4 is 10.2 Å². The summed E-state index contributed by atoms with van der Waals surface area (Å²) < 4.78 is 0. The number of piperidine rings is 1. The maximum Gasteiger partial charge on any atom is 0.225 e. The lowest BCUT2D eigenvalue weighted by atomic mass is 9.95. The predicted molar refractivity (Wildman–Crippen MR) is 84.2 cm³/mol.